The molecular formula is C9H17N. The maximum Gasteiger partial charge on any atom is -0.00179 e. The molecular weight excluding hydrogens is 122 g/mol. The minimum atomic E-state index is 0.542. The van der Waals surface area contributed by atoms with Gasteiger partial charge < -0.3 is 5.73 Å². The van der Waals surface area contributed by atoms with Crippen molar-refractivity contribution >= 4 is 0 Å². The van der Waals surface area contributed by atoms with Gasteiger partial charge in [-0.05, 0) is 49.5 Å². The van der Waals surface area contributed by atoms with Crippen molar-refractivity contribution in [2.24, 2.45) is 23.0 Å². The van der Waals surface area contributed by atoms with E-state index < -0.39 is 0 Å². The molecule has 10 heavy (non-hydrogen) atoms. The van der Waals surface area contributed by atoms with Crippen LogP contribution < -0.4 is 5.73 Å². The lowest BCUT2D eigenvalue weighted by Gasteiger charge is -2.27. The van der Waals surface area contributed by atoms with Gasteiger partial charge in [-0.2, -0.15) is 0 Å². The van der Waals surface area contributed by atoms with Crippen LogP contribution in [0.25, 0.3) is 0 Å². The van der Waals surface area contributed by atoms with Crippen LogP contribution in [0.3, 0.4) is 0 Å². The molecule has 0 atom stereocenters. The van der Waals surface area contributed by atoms with Crippen LogP contribution in [0.5, 0.6) is 0 Å². The van der Waals surface area contributed by atoms with Crippen LogP contribution in [0, 0.1) is 17.3 Å². The first kappa shape index (κ1) is 6.66. The van der Waals surface area contributed by atoms with Gasteiger partial charge in [-0.15, -0.1) is 0 Å². The van der Waals surface area contributed by atoms with E-state index >= 15 is 0 Å². The highest BCUT2D eigenvalue weighted by atomic mass is 14.7. The van der Waals surface area contributed by atoms with Gasteiger partial charge in [-0.1, -0.05) is 6.92 Å². The summed E-state index contributed by atoms with van der Waals surface area (Å²) in [4.78, 5) is 0. The SMILES string of the molecule is CC(CN)(C1CC1)C1CC1. The first-order valence-electron chi connectivity index (χ1n) is 4.47. The van der Waals surface area contributed by atoms with Crippen molar-refractivity contribution in [2.75, 3.05) is 6.54 Å². The quantitative estimate of drug-likeness (QED) is 0.633. The second-order valence-corrected chi connectivity index (χ2v) is 4.26. The van der Waals surface area contributed by atoms with Gasteiger partial charge in [-0.25, -0.2) is 0 Å². The second kappa shape index (κ2) is 1.97. The van der Waals surface area contributed by atoms with Crippen LogP contribution in [0.15, 0.2) is 0 Å². The maximum absolute atomic E-state index is 5.79. The Balaban J connectivity index is 2.03. The highest BCUT2D eigenvalue weighted by Gasteiger charge is 2.49. The summed E-state index contributed by atoms with van der Waals surface area (Å²) in [6.45, 7) is 3.31. The third-order valence-electron chi connectivity index (χ3n) is 3.46. The normalized spacial score (nSPS) is 27.0. The zero-order chi connectivity index (χ0) is 7.19. The molecule has 0 heterocycles. The smallest absolute Gasteiger partial charge is 0.00179 e. The zero-order valence-electron chi connectivity index (χ0n) is 6.77. The average Bonchev–Trinajstić information content (AvgIpc) is 2.73. The molecule has 2 aliphatic rings. The topological polar surface area (TPSA) is 26.0 Å². The fourth-order valence-electron chi connectivity index (χ4n) is 2.15. The van der Waals surface area contributed by atoms with E-state index in [1.807, 2.05) is 0 Å². The van der Waals surface area contributed by atoms with Crippen LogP contribution in [0.4, 0.5) is 0 Å². The summed E-state index contributed by atoms with van der Waals surface area (Å²) in [5.74, 6) is 1.98. The van der Waals surface area contributed by atoms with Crippen molar-refractivity contribution in [1.29, 1.82) is 0 Å². The van der Waals surface area contributed by atoms with Crippen LogP contribution in [0.1, 0.15) is 32.6 Å². The summed E-state index contributed by atoms with van der Waals surface area (Å²) in [5.41, 5.74) is 6.33. The summed E-state index contributed by atoms with van der Waals surface area (Å²) < 4.78 is 0. The van der Waals surface area contributed by atoms with E-state index in [1.54, 1.807) is 0 Å². The van der Waals surface area contributed by atoms with Crippen molar-refractivity contribution in [3.05, 3.63) is 0 Å². The molecule has 2 N–H and O–H groups in total. The summed E-state index contributed by atoms with van der Waals surface area (Å²) in [6.07, 6.45) is 5.79. The van der Waals surface area contributed by atoms with Crippen LogP contribution >= 0.6 is 0 Å². The predicted octanol–water partition coefficient (Wildman–Crippen LogP) is 1.77. The first-order chi connectivity index (χ1) is 4.77. The third-order valence-corrected chi connectivity index (χ3v) is 3.46. The molecule has 0 aliphatic heterocycles. The van der Waals surface area contributed by atoms with E-state index in [0.717, 1.165) is 18.4 Å². The second-order valence-electron chi connectivity index (χ2n) is 4.26. The first-order valence-corrected chi connectivity index (χ1v) is 4.47. The van der Waals surface area contributed by atoms with Crippen molar-refractivity contribution in [3.8, 4) is 0 Å². The average molecular weight is 139 g/mol. The van der Waals surface area contributed by atoms with Gasteiger partial charge in [0.2, 0.25) is 0 Å². The Morgan fingerprint density at radius 1 is 1.20 bits per heavy atom. The van der Waals surface area contributed by atoms with Gasteiger partial charge in [0.05, 0.1) is 0 Å². The number of rotatable bonds is 3. The Bertz CT molecular complexity index is 122. The largest absolute Gasteiger partial charge is 0.330 e. The molecule has 0 saturated heterocycles. The van der Waals surface area contributed by atoms with Gasteiger partial charge in [0.1, 0.15) is 0 Å². The maximum atomic E-state index is 5.79. The van der Waals surface area contributed by atoms with Gasteiger partial charge >= 0.3 is 0 Å². The van der Waals surface area contributed by atoms with E-state index in [2.05, 4.69) is 6.92 Å². The number of nitrogens with two attached hydrogens (primary N) is 1. The molecule has 0 unspecified atom stereocenters. The van der Waals surface area contributed by atoms with Gasteiger partial charge in [0.15, 0.2) is 0 Å². The Morgan fingerprint density at radius 2 is 1.60 bits per heavy atom. The summed E-state index contributed by atoms with van der Waals surface area (Å²) in [7, 11) is 0. The molecule has 0 aromatic carbocycles. The Kier molecular flexibility index (Phi) is 1.31. The highest BCUT2D eigenvalue weighted by molar-refractivity contribution is 5.00. The Labute approximate surface area is 63.0 Å². The molecule has 0 aromatic rings. The molecule has 0 aromatic heterocycles. The molecule has 0 radical (unpaired) electrons. The highest BCUT2D eigenvalue weighted by Crippen LogP contribution is 2.56. The lowest BCUT2D eigenvalue weighted by atomic mass is 9.80. The van der Waals surface area contributed by atoms with Crippen molar-refractivity contribution < 1.29 is 0 Å². The molecule has 0 spiro atoms. The zero-order valence-corrected chi connectivity index (χ0v) is 6.77. The molecule has 2 aliphatic carbocycles. The Morgan fingerprint density at radius 3 is 1.80 bits per heavy atom. The lowest BCUT2D eigenvalue weighted by molar-refractivity contribution is 0.237. The summed E-state index contributed by atoms with van der Waals surface area (Å²) in [5, 5.41) is 0. The molecule has 0 amide bonds. The van der Waals surface area contributed by atoms with E-state index in [9.17, 15) is 0 Å². The van der Waals surface area contributed by atoms with Crippen molar-refractivity contribution in [3.63, 3.8) is 0 Å². The van der Waals surface area contributed by atoms with Crippen molar-refractivity contribution in [1.82, 2.24) is 0 Å². The van der Waals surface area contributed by atoms with Crippen LogP contribution in [0.2, 0.25) is 0 Å². The third kappa shape index (κ3) is 0.878. The molecule has 1 nitrogen and oxygen atoms in total. The minimum Gasteiger partial charge on any atom is -0.330 e. The molecule has 2 fully saturated rings. The minimum absolute atomic E-state index is 0.542. The lowest BCUT2D eigenvalue weighted by Crippen LogP contribution is -2.31. The van der Waals surface area contributed by atoms with Gasteiger partial charge in [-0.3, -0.25) is 0 Å². The summed E-state index contributed by atoms with van der Waals surface area (Å²) >= 11 is 0. The molecule has 1 heteroatoms. The van der Waals surface area contributed by atoms with Gasteiger partial charge in [0, 0.05) is 0 Å². The van der Waals surface area contributed by atoms with Crippen LogP contribution in [-0.2, 0) is 0 Å². The molecule has 58 valence electrons. The van der Waals surface area contributed by atoms with E-state index in [-0.39, 0.29) is 0 Å². The van der Waals surface area contributed by atoms with E-state index in [1.165, 1.54) is 25.7 Å². The van der Waals surface area contributed by atoms with Crippen molar-refractivity contribution in [2.45, 2.75) is 32.6 Å². The fourth-order valence-corrected chi connectivity index (χ4v) is 2.15. The summed E-state index contributed by atoms with van der Waals surface area (Å²) in [6, 6.07) is 0. The number of hydrogen-bond acceptors (Lipinski definition) is 1. The van der Waals surface area contributed by atoms with E-state index in [4.69, 9.17) is 5.73 Å². The Hall–Kier alpha value is -0.0400. The fraction of sp³-hybridized carbons (Fsp3) is 1.00. The monoisotopic (exact) mass is 139 g/mol. The number of hydrogen-bond donors (Lipinski definition) is 1. The standard InChI is InChI=1S/C9H17N/c1-9(6-10,7-2-3-7)8-4-5-8/h7-8H,2-6,10H2,1H3. The van der Waals surface area contributed by atoms with E-state index in [0.29, 0.717) is 5.41 Å². The van der Waals surface area contributed by atoms with Gasteiger partial charge in [0.25, 0.3) is 0 Å². The predicted molar refractivity (Wildman–Crippen MR) is 42.6 cm³/mol. The molecule has 2 rings (SSSR count). The molecule has 0 bridgehead atoms. The van der Waals surface area contributed by atoms with Crippen LogP contribution in [-0.4, -0.2) is 6.54 Å². The molecule has 2 saturated carbocycles.